The molecule has 17 heavy (non-hydrogen) atoms. The predicted octanol–water partition coefficient (Wildman–Crippen LogP) is 2.94. The average Bonchev–Trinajstić information content (AvgIpc) is 2.33. The number of aryl methyl sites for hydroxylation is 1. The van der Waals surface area contributed by atoms with Crippen molar-refractivity contribution in [1.29, 1.82) is 0 Å². The van der Waals surface area contributed by atoms with Gasteiger partial charge < -0.3 is 5.32 Å². The van der Waals surface area contributed by atoms with Gasteiger partial charge in [-0.05, 0) is 37.4 Å². The van der Waals surface area contributed by atoms with Gasteiger partial charge in [0.2, 0.25) is 0 Å². The Morgan fingerprint density at radius 2 is 2.06 bits per heavy atom. The normalized spacial score (nSPS) is 24.9. The molecule has 1 saturated carbocycles. The molecule has 0 saturated heterocycles. The summed E-state index contributed by atoms with van der Waals surface area (Å²) in [7, 11) is 0. The van der Waals surface area contributed by atoms with Gasteiger partial charge in [0.05, 0.1) is 0 Å². The number of likely N-dealkylation sites (N-methyl/N-ethyl adjacent to an activating group) is 1. The number of carbonyl (C=O) groups is 1. The van der Waals surface area contributed by atoms with Crippen LogP contribution in [0.3, 0.4) is 0 Å². The van der Waals surface area contributed by atoms with E-state index in [-0.39, 0.29) is 0 Å². The first-order valence-corrected chi connectivity index (χ1v) is 6.55. The fraction of sp³-hybridized carbons (Fsp3) is 0.533. The monoisotopic (exact) mass is 231 g/mol. The van der Waals surface area contributed by atoms with Crippen LogP contribution in [-0.4, -0.2) is 12.3 Å². The number of rotatable bonds is 3. The Morgan fingerprint density at radius 3 is 2.71 bits per heavy atom. The van der Waals surface area contributed by atoms with Gasteiger partial charge in [-0.2, -0.15) is 0 Å². The first kappa shape index (κ1) is 12.3. The molecule has 1 aliphatic rings. The molecule has 92 valence electrons. The molecule has 1 atom stereocenters. The first-order chi connectivity index (χ1) is 8.20. The van der Waals surface area contributed by atoms with E-state index in [9.17, 15) is 4.79 Å². The number of ketones is 1. The number of carbonyl (C=O) groups excluding carboxylic acids is 1. The second-order valence-corrected chi connectivity index (χ2v) is 4.88. The molecule has 0 radical (unpaired) electrons. The average molecular weight is 231 g/mol. The minimum atomic E-state index is -0.418. The molecule has 1 fully saturated rings. The van der Waals surface area contributed by atoms with Gasteiger partial charge in [-0.15, -0.1) is 0 Å². The fourth-order valence-electron chi connectivity index (χ4n) is 2.95. The molecule has 0 heterocycles. The van der Waals surface area contributed by atoms with Crippen molar-refractivity contribution >= 4 is 5.78 Å². The molecule has 1 aromatic carbocycles. The second-order valence-electron chi connectivity index (χ2n) is 4.88. The third kappa shape index (κ3) is 2.14. The summed E-state index contributed by atoms with van der Waals surface area (Å²) in [6.45, 7) is 5.00. The van der Waals surface area contributed by atoms with Gasteiger partial charge in [-0.25, -0.2) is 0 Å². The Hall–Kier alpha value is -1.15. The zero-order valence-corrected chi connectivity index (χ0v) is 10.8. The van der Waals surface area contributed by atoms with Crippen LogP contribution in [0.2, 0.25) is 0 Å². The van der Waals surface area contributed by atoms with Gasteiger partial charge in [0, 0.05) is 6.42 Å². The van der Waals surface area contributed by atoms with Crippen LogP contribution in [0.5, 0.6) is 0 Å². The smallest absolute Gasteiger partial charge is 0.157 e. The van der Waals surface area contributed by atoms with Crippen molar-refractivity contribution in [2.75, 3.05) is 6.54 Å². The molecule has 0 spiro atoms. The van der Waals surface area contributed by atoms with E-state index >= 15 is 0 Å². The highest BCUT2D eigenvalue weighted by molar-refractivity contribution is 5.90. The van der Waals surface area contributed by atoms with Crippen LogP contribution in [-0.2, 0) is 10.3 Å². The lowest BCUT2D eigenvalue weighted by molar-refractivity contribution is -0.128. The lowest BCUT2D eigenvalue weighted by atomic mass is 9.74. The SMILES string of the molecule is CCNC1(c2ccccc2C)CCCCC1=O. The molecule has 0 bridgehead atoms. The summed E-state index contributed by atoms with van der Waals surface area (Å²) < 4.78 is 0. The van der Waals surface area contributed by atoms with E-state index in [1.54, 1.807) is 0 Å². The van der Waals surface area contributed by atoms with Crippen molar-refractivity contribution in [2.45, 2.75) is 45.1 Å². The van der Waals surface area contributed by atoms with E-state index in [1.165, 1.54) is 11.1 Å². The van der Waals surface area contributed by atoms with Crippen molar-refractivity contribution in [3.8, 4) is 0 Å². The number of Topliss-reactive ketones (excluding diaryl/α,β-unsaturated/α-hetero) is 1. The molecule has 0 aliphatic heterocycles. The highest BCUT2D eigenvalue weighted by Gasteiger charge is 2.41. The predicted molar refractivity (Wildman–Crippen MR) is 70.0 cm³/mol. The molecule has 1 N–H and O–H groups in total. The summed E-state index contributed by atoms with van der Waals surface area (Å²) in [5, 5.41) is 3.46. The Balaban J connectivity index is 2.47. The zero-order chi connectivity index (χ0) is 12.3. The Labute approximate surface area is 103 Å². The van der Waals surface area contributed by atoms with Crippen molar-refractivity contribution in [2.24, 2.45) is 0 Å². The Kier molecular flexibility index (Phi) is 3.63. The summed E-state index contributed by atoms with van der Waals surface area (Å²) in [6.07, 6.45) is 3.82. The van der Waals surface area contributed by atoms with Crippen LogP contribution < -0.4 is 5.32 Å². The van der Waals surface area contributed by atoms with Crippen molar-refractivity contribution < 1.29 is 4.79 Å². The van der Waals surface area contributed by atoms with Crippen LogP contribution >= 0.6 is 0 Å². The highest BCUT2D eigenvalue weighted by Crippen LogP contribution is 2.35. The number of hydrogen-bond donors (Lipinski definition) is 1. The molecular weight excluding hydrogens is 210 g/mol. The lowest BCUT2D eigenvalue weighted by Gasteiger charge is -2.38. The highest BCUT2D eigenvalue weighted by atomic mass is 16.1. The molecular formula is C15H21NO. The molecule has 1 aromatic rings. The molecule has 1 aliphatic carbocycles. The quantitative estimate of drug-likeness (QED) is 0.866. The largest absolute Gasteiger partial charge is 0.302 e. The van der Waals surface area contributed by atoms with Crippen LogP contribution in [0.25, 0.3) is 0 Å². The topological polar surface area (TPSA) is 29.1 Å². The van der Waals surface area contributed by atoms with Crippen molar-refractivity contribution in [3.63, 3.8) is 0 Å². The fourth-order valence-corrected chi connectivity index (χ4v) is 2.95. The molecule has 0 amide bonds. The van der Waals surface area contributed by atoms with Crippen LogP contribution in [0.4, 0.5) is 0 Å². The third-order valence-corrected chi connectivity index (χ3v) is 3.77. The van der Waals surface area contributed by atoms with E-state index in [2.05, 4.69) is 31.3 Å². The summed E-state index contributed by atoms with van der Waals surface area (Å²) in [6, 6.07) is 8.26. The summed E-state index contributed by atoms with van der Waals surface area (Å²) in [4.78, 5) is 12.4. The van der Waals surface area contributed by atoms with Crippen LogP contribution in [0.1, 0.15) is 43.7 Å². The second kappa shape index (κ2) is 5.01. The Morgan fingerprint density at radius 1 is 1.29 bits per heavy atom. The summed E-state index contributed by atoms with van der Waals surface area (Å²) in [5.74, 6) is 0.361. The van der Waals surface area contributed by atoms with Crippen molar-refractivity contribution in [1.82, 2.24) is 5.32 Å². The molecule has 0 aromatic heterocycles. The van der Waals surface area contributed by atoms with Gasteiger partial charge in [0.25, 0.3) is 0 Å². The van der Waals surface area contributed by atoms with Gasteiger partial charge in [0.15, 0.2) is 5.78 Å². The van der Waals surface area contributed by atoms with Gasteiger partial charge in [-0.1, -0.05) is 37.6 Å². The molecule has 2 rings (SSSR count). The van der Waals surface area contributed by atoms with E-state index in [4.69, 9.17) is 0 Å². The molecule has 1 unspecified atom stereocenters. The summed E-state index contributed by atoms with van der Waals surface area (Å²) in [5.41, 5.74) is 1.97. The first-order valence-electron chi connectivity index (χ1n) is 6.55. The van der Waals surface area contributed by atoms with E-state index in [0.717, 1.165) is 25.8 Å². The maximum atomic E-state index is 12.4. The molecule has 2 heteroatoms. The molecule has 2 nitrogen and oxygen atoms in total. The summed E-state index contributed by atoms with van der Waals surface area (Å²) >= 11 is 0. The Bertz CT molecular complexity index is 409. The standard InChI is InChI=1S/C15H21NO/c1-3-16-15(11-7-6-10-14(15)17)13-9-5-4-8-12(13)2/h4-5,8-9,16H,3,6-7,10-11H2,1-2H3. The maximum Gasteiger partial charge on any atom is 0.157 e. The van der Waals surface area contributed by atoms with E-state index in [0.29, 0.717) is 12.2 Å². The number of hydrogen-bond acceptors (Lipinski definition) is 2. The van der Waals surface area contributed by atoms with Gasteiger partial charge in [0.1, 0.15) is 5.54 Å². The number of nitrogens with one attached hydrogen (secondary N) is 1. The minimum Gasteiger partial charge on any atom is -0.302 e. The van der Waals surface area contributed by atoms with Gasteiger partial charge >= 0.3 is 0 Å². The third-order valence-electron chi connectivity index (χ3n) is 3.77. The number of benzene rings is 1. The van der Waals surface area contributed by atoms with Gasteiger partial charge in [-0.3, -0.25) is 4.79 Å². The van der Waals surface area contributed by atoms with Crippen LogP contribution in [0, 0.1) is 6.92 Å². The van der Waals surface area contributed by atoms with E-state index in [1.807, 2.05) is 12.1 Å². The minimum absolute atomic E-state index is 0.361. The van der Waals surface area contributed by atoms with Crippen LogP contribution in [0.15, 0.2) is 24.3 Å². The van der Waals surface area contributed by atoms with E-state index < -0.39 is 5.54 Å². The maximum absolute atomic E-state index is 12.4. The lowest BCUT2D eigenvalue weighted by Crippen LogP contribution is -2.51. The zero-order valence-electron chi connectivity index (χ0n) is 10.8. The van der Waals surface area contributed by atoms with Crippen molar-refractivity contribution in [3.05, 3.63) is 35.4 Å².